The molecule has 0 radical (unpaired) electrons. The number of halogens is 1. The van der Waals surface area contributed by atoms with E-state index in [0.29, 0.717) is 17.3 Å². The lowest BCUT2D eigenvalue weighted by atomic mass is 10.2. The maximum absolute atomic E-state index is 12.3. The van der Waals surface area contributed by atoms with E-state index < -0.39 is 0 Å². The van der Waals surface area contributed by atoms with E-state index in [4.69, 9.17) is 4.74 Å². The van der Waals surface area contributed by atoms with Crippen molar-refractivity contribution in [1.29, 1.82) is 0 Å². The minimum absolute atomic E-state index is 0.0422. The highest BCUT2D eigenvalue weighted by Crippen LogP contribution is 2.22. The fourth-order valence-electron chi connectivity index (χ4n) is 2.20. The number of carbonyl (C=O) groups is 1. The van der Waals surface area contributed by atoms with E-state index in [2.05, 4.69) is 20.9 Å². The molecule has 1 unspecified atom stereocenters. The predicted octanol–water partition coefficient (Wildman–Crippen LogP) is 3.20. The van der Waals surface area contributed by atoms with Gasteiger partial charge in [-0.15, -0.1) is 0 Å². The second-order valence-electron chi connectivity index (χ2n) is 4.58. The third-order valence-electron chi connectivity index (χ3n) is 3.20. The maximum Gasteiger partial charge on any atom is 0.273 e. The molecular formula is C14H13BrN2O2S. The van der Waals surface area contributed by atoms with Crippen LogP contribution in [-0.4, -0.2) is 35.0 Å². The maximum atomic E-state index is 12.3. The van der Waals surface area contributed by atoms with Gasteiger partial charge in [0.2, 0.25) is 0 Å². The highest BCUT2D eigenvalue weighted by Gasteiger charge is 2.28. The van der Waals surface area contributed by atoms with Gasteiger partial charge in [0.25, 0.3) is 11.1 Å². The van der Waals surface area contributed by atoms with E-state index in [9.17, 15) is 4.79 Å². The Morgan fingerprint density at radius 2 is 2.20 bits per heavy atom. The highest BCUT2D eigenvalue weighted by molar-refractivity contribution is 9.10. The first-order valence-corrected chi connectivity index (χ1v) is 8.00. The first-order valence-electron chi connectivity index (χ1n) is 6.33. The van der Waals surface area contributed by atoms with Crippen LogP contribution in [0.2, 0.25) is 0 Å². The van der Waals surface area contributed by atoms with Crippen molar-refractivity contribution in [1.82, 2.24) is 9.88 Å². The van der Waals surface area contributed by atoms with Crippen molar-refractivity contribution in [3.63, 3.8) is 0 Å². The summed E-state index contributed by atoms with van der Waals surface area (Å²) in [6, 6.07) is 7.43. The average Bonchev–Trinajstić information content (AvgIpc) is 3.11. The molecule has 1 atom stereocenters. The van der Waals surface area contributed by atoms with Crippen LogP contribution in [0, 0.1) is 0 Å². The van der Waals surface area contributed by atoms with Gasteiger partial charge in [0, 0.05) is 34.6 Å². The Hall–Kier alpha value is -1.40. The number of ether oxygens (including phenoxy) is 1. The molecule has 2 heterocycles. The smallest absolute Gasteiger partial charge is 0.273 e. The van der Waals surface area contributed by atoms with Gasteiger partial charge >= 0.3 is 0 Å². The molecule has 4 nitrogen and oxygen atoms in total. The molecule has 1 amide bonds. The van der Waals surface area contributed by atoms with Gasteiger partial charge in [0.05, 0.1) is 6.54 Å². The van der Waals surface area contributed by atoms with E-state index in [-0.39, 0.29) is 12.0 Å². The van der Waals surface area contributed by atoms with Crippen molar-refractivity contribution in [2.45, 2.75) is 12.5 Å². The Morgan fingerprint density at radius 1 is 1.40 bits per heavy atom. The Labute approximate surface area is 129 Å². The molecule has 6 heteroatoms. The molecule has 0 aliphatic carbocycles. The molecule has 1 saturated heterocycles. The zero-order valence-electron chi connectivity index (χ0n) is 10.7. The van der Waals surface area contributed by atoms with Crippen LogP contribution in [0.3, 0.4) is 0 Å². The van der Waals surface area contributed by atoms with Crippen LogP contribution in [0.4, 0.5) is 0 Å². The third kappa shape index (κ3) is 3.02. The Morgan fingerprint density at radius 3 is 2.90 bits per heavy atom. The zero-order chi connectivity index (χ0) is 13.9. The van der Waals surface area contributed by atoms with E-state index in [0.717, 1.165) is 17.4 Å². The van der Waals surface area contributed by atoms with Crippen LogP contribution in [0.5, 0.6) is 5.19 Å². The zero-order valence-corrected chi connectivity index (χ0v) is 13.1. The number of likely N-dealkylation sites (tertiary alicyclic amines) is 1. The van der Waals surface area contributed by atoms with Gasteiger partial charge < -0.3 is 9.64 Å². The summed E-state index contributed by atoms with van der Waals surface area (Å²) in [7, 11) is 0. The lowest BCUT2D eigenvalue weighted by molar-refractivity contribution is 0.0772. The molecule has 0 saturated carbocycles. The van der Waals surface area contributed by atoms with Crippen molar-refractivity contribution in [3.8, 4) is 5.19 Å². The van der Waals surface area contributed by atoms with Crippen LogP contribution >= 0.6 is 27.3 Å². The van der Waals surface area contributed by atoms with Crippen LogP contribution < -0.4 is 4.74 Å². The second-order valence-corrected chi connectivity index (χ2v) is 6.36. The molecule has 0 spiro atoms. The third-order valence-corrected chi connectivity index (χ3v) is 4.39. The van der Waals surface area contributed by atoms with E-state index >= 15 is 0 Å². The lowest BCUT2D eigenvalue weighted by Crippen LogP contribution is -2.30. The standard InChI is InChI=1S/C14H13BrN2O2S/c15-11-3-1-10(2-4-11)13(18)17-7-5-12(9-17)19-14-16-6-8-20-14/h1-4,6,8,12H,5,7,9H2. The van der Waals surface area contributed by atoms with Gasteiger partial charge in [-0.3, -0.25) is 4.79 Å². The van der Waals surface area contributed by atoms with Gasteiger partial charge in [-0.05, 0) is 24.3 Å². The number of benzene rings is 1. The molecule has 20 heavy (non-hydrogen) atoms. The van der Waals surface area contributed by atoms with Crippen LogP contribution in [0.1, 0.15) is 16.8 Å². The molecular weight excluding hydrogens is 340 g/mol. The van der Waals surface area contributed by atoms with Crippen molar-refractivity contribution >= 4 is 33.2 Å². The highest BCUT2D eigenvalue weighted by atomic mass is 79.9. The van der Waals surface area contributed by atoms with Crippen LogP contribution in [0.15, 0.2) is 40.3 Å². The molecule has 1 aliphatic rings. The topological polar surface area (TPSA) is 42.4 Å². The summed E-state index contributed by atoms with van der Waals surface area (Å²) in [5.74, 6) is 0.0581. The van der Waals surface area contributed by atoms with Crippen molar-refractivity contribution in [3.05, 3.63) is 45.9 Å². The number of thiazole rings is 1. The number of nitrogens with zero attached hydrogens (tertiary/aromatic N) is 2. The van der Waals surface area contributed by atoms with Gasteiger partial charge in [-0.2, -0.15) is 0 Å². The van der Waals surface area contributed by atoms with Gasteiger partial charge in [0.15, 0.2) is 0 Å². The second kappa shape index (κ2) is 5.93. The molecule has 2 aromatic rings. The fraction of sp³-hybridized carbons (Fsp3) is 0.286. The molecule has 0 bridgehead atoms. The summed E-state index contributed by atoms with van der Waals surface area (Å²) < 4.78 is 6.73. The quantitative estimate of drug-likeness (QED) is 0.851. The van der Waals surface area contributed by atoms with Crippen LogP contribution in [-0.2, 0) is 0 Å². The minimum atomic E-state index is 0.0422. The van der Waals surface area contributed by atoms with Gasteiger partial charge in [-0.1, -0.05) is 27.3 Å². The van der Waals surface area contributed by atoms with Crippen molar-refractivity contribution in [2.24, 2.45) is 0 Å². The monoisotopic (exact) mass is 352 g/mol. The van der Waals surface area contributed by atoms with Crippen molar-refractivity contribution < 1.29 is 9.53 Å². The normalized spacial score (nSPS) is 18.2. The summed E-state index contributed by atoms with van der Waals surface area (Å²) in [5.41, 5.74) is 0.711. The average molecular weight is 353 g/mol. The number of aromatic nitrogens is 1. The number of carbonyl (C=O) groups excluding carboxylic acids is 1. The summed E-state index contributed by atoms with van der Waals surface area (Å²) in [6.45, 7) is 1.35. The molecule has 1 aromatic carbocycles. The molecule has 1 fully saturated rings. The SMILES string of the molecule is O=C(c1ccc(Br)cc1)N1CCC(Oc2nccs2)C1. The fourth-order valence-corrected chi connectivity index (χ4v) is 3.01. The molecule has 0 N–H and O–H groups in total. The Balaban J connectivity index is 1.62. The minimum Gasteiger partial charge on any atom is -0.465 e. The summed E-state index contributed by atoms with van der Waals surface area (Å²) in [4.78, 5) is 18.3. The summed E-state index contributed by atoms with van der Waals surface area (Å²) >= 11 is 4.85. The van der Waals surface area contributed by atoms with Gasteiger partial charge in [0.1, 0.15) is 6.10 Å². The van der Waals surface area contributed by atoms with Gasteiger partial charge in [-0.25, -0.2) is 4.98 Å². The number of amides is 1. The van der Waals surface area contributed by atoms with Crippen LogP contribution in [0.25, 0.3) is 0 Å². The Kier molecular flexibility index (Phi) is 4.03. The Bertz CT molecular complexity index is 586. The predicted molar refractivity (Wildman–Crippen MR) is 81.2 cm³/mol. The largest absolute Gasteiger partial charge is 0.465 e. The first kappa shape index (κ1) is 13.6. The molecule has 104 valence electrons. The number of hydrogen-bond donors (Lipinski definition) is 0. The first-order chi connectivity index (χ1) is 9.72. The molecule has 3 rings (SSSR count). The summed E-state index contributed by atoms with van der Waals surface area (Å²) in [5, 5.41) is 2.56. The lowest BCUT2D eigenvalue weighted by Gasteiger charge is -2.16. The summed E-state index contributed by atoms with van der Waals surface area (Å²) in [6.07, 6.45) is 2.61. The van der Waals surface area contributed by atoms with Crippen molar-refractivity contribution in [2.75, 3.05) is 13.1 Å². The van der Waals surface area contributed by atoms with E-state index in [1.54, 1.807) is 6.20 Å². The number of rotatable bonds is 3. The molecule has 1 aromatic heterocycles. The van der Waals surface area contributed by atoms with E-state index in [1.165, 1.54) is 11.3 Å². The molecule has 1 aliphatic heterocycles. The van der Waals surface area contributed by atoms with E-state index in [1.807, 2.05) is 34.5 Å². The number of hydrogen-bond acceptors (Lipinski definition) is 4.